The third-order valence-electron chi connectivity index (χ3n) is 7.78. The van der Waals surface area contributed by atoms with Crippen molar-refractivity contribution in [2.75, 3.05) is 23.3 Å². The lowest BCUT2D eigenvalue weighted by Crippen LogP contribution is -2.47. The number of aromatic nitrogens is 2. The van der Waals surface area contributed by atoms with Gasteiger partial charge in [0.05, 0.1) is 35.3 Å². The molecule has 2 aromatic carbocycles. The Bertz CT molecular complexity index is 1570. The number of ketones is 1. The van der Waals surface area contributed by atoms with Gasteiger partial charge in [0.2, 0.25) is 5.91 Å². The summed E-state index contributed by atoms with van der Waals surface area (Å²) in [5.74, 6) is -1.46. The molecule has 3 aromatic rings. The number of hydrazone groups is 1. The maximum absolute atomic E-state index is 14.0. The van der Waals surface area contributed by atoms with Gasteiger partial charge in [-0.05, 0) is 37.1 Å². The molecular weight excluding hydrogens is 572 g/mol. The Hall–Kier alpha value is -4.25. The fourth-order valence-corrected chi connectivity index (χ4v) is 5.45. The van der Waals surface area contributed by atoms with Crippen LogP contribution in [0, 0.1) is 11.3 Å². The summed E-state index contributed by atoms with van der Waals surface area (Å²) in [6.07, 6.45) is 6.59. The van der Waals surface area contributed by atoms with Crippen LogP contribution in [-0.4, -0.2) is 62.2 Å². The number of hydrogen-bond acceptors (Lipinski definition) is 6. The van der Waals surface area contributed by atoms with E-state index in [9.17, 15) is 24.3 Å². The van der Waals surface area contributed by atoms with E-state index in [0.717, 1.165) is 43.4 Å². The summed E-state index contributed by atoms with van der Waals surface area (Å²) in [4.78, 5) is 57.4. The predicted octanol–water partition coefficient (Wildman–Crippen LogP) is 5.32. The number of fused-ring (bicyclic) bond motifs is 2. The number of carboxylic acid groups (broad SMARTS) is 1. The number of Topliss-reactive ketones (excluding diaryl/α,β-unsaturated/α-hetero) is 1. The number of halogens is 1. The quantitative estimate of drug-likeness (QED) is 0.355. The first-order valence-electron chi connectivity index (χ1n) is 14.3. The van der Waals surface area contributed by atoms with Crippen molar-refractivity contribution in [3.63, 3.8) is 0 Å². The maximum Gasteiger partial charge on any atom is 0.345 e. The van der Waals surface area contributed by atoms with Crippen LogP contribution >= 0.6 is 12.4 Å². The van der Waals surface area contributed by atoms with E-state index < -0.39 is 23.3 Å². The maximum atomic E-state index is 14.0. The van der Waals surface area contributed by atoms with Gasteiger partial charge in [0.1, 0.15) is 13.1 Å². The lowest BCUT2D eigenvalue weighted by Gasteiger charge is -2.28. The second-order valence-electron chi connectivity index (χ2n) is 12.0. The summed E-state index contributed by atoms with van der Waals surface area (Å²) in [5, 5.41) is 18.0. The molecule has 228 valence electrons. The molecule has 2 heterocycles. The third kappa shape index (κ3) is 7.05. The minimum absolute atomic E-state index is 0. The number of imidazole rings is 1. The SMILES string of the molecule is CC(C)(C)C(=O)CN1C(=O)N(CC(=O)Nc2ccc3ncn(CC(=O)O)c3c2)N=C(C2CCCCC2)c2ccccc21.Cl. The molecule has 0 atom stereocenters. The molecule has 0 spiro atoms. The van der Waals surface area contributed by atoms with Gasteiger partial charge in [-0.1, -0.05) is 58.2 Å². The van der Waals surface area contributed by atoms with Gasteiger partial charge in [-0.15, -0.1) is 12.4 Å². The first-order chi connectivity index (χ1) is 20.0. The molecular formula is C31H37ClN6O5. The van der Waals surface area contributed by atoms with Crippen LogP contribution in [-0.2, 0) is 20.9 Å². The molecule has 5 rings (SSSR count). The van der Waals surface area contributed by atoms with Gasteiger partial charge < -0.3 is 15.0 Å². The Kier molecular flexibility index (Phi) is 9.54. The second kappa shape index (κ2) is 12.9. The molecule has 1 saturated carbocycles. The summed E-state index contributed by atoms with van der Waals surface area (Å²) in [7, 11) is 0. The molecule has 1 aromatic heterocycles. The van der Waals surface area contributed by atoms with E-state index in [1.54, 1.807) is 18.2 Å². The fraction of sp³-hybridized carbons (Fsp3) is 0.419. The van der Waals surface area contributed by atoms with Crippen molar-refractivity contribution in [2.24, 2.45) is 16.4 Å². The Morgan fingerprint density at radius 2 is 1.72 bits per heavy atom. The molecule has 0 saturated heterocycles. The lowest BCUT2D eigenvalue weighted by molar-refractivity contribution is -0.137. The molecule has 1 aliphatic carbocycles. The van der Waals surface area contributed by atoms with Crippen LogP contribution in [0.4, 0.5) is 16.2 Å². The molecule has 0 radical (unpaired) electrons. The summed E-state index contributed by atoms with van der Waals surface area (Å²) in [6, 6.07) is 12.0. The molecule has 1 aliphatic heterocycles. The number of nitrogens with zero attached hydrogens (tertiary/aromatic N) is 5. The summed E-state index contributed by atoms with van der Waals surface area (Å²) < 4.78 is 1.48. The average molecular weight is 609 g/mol. The van der Waals surface area contributed by atoms with Gasteiger partial charge >= 0.3 is 12.0 Å². The fourth-order valence-electron chi connectivity index (χ4n) is 5.45. The number of aliphatic carboxylic acids is 1. The minimum Gasteiger partial charge on any atom is -0.480 e. The van der Waals surface area contributed by atoms with E-state index in [1.165, 1.54) is 20.8 Å². The average Bonchev–Trinajstić information content (AvgIpc) is 3.29. The van der Waals surface area contributed by atoms with Gasteiger partial charge in [0.15, 0.2) is 5.78 Å². The van der Waals surface area contributed by atoms with Crippen LogP contribution in [0.15, 0.2) is 53.9 Å². The van der Waals surface area contributed by atoms with Crippen LogP contribution in [0.2, 0.25) is 0 Å². The summed E-state index contributed by atoms with van der Waals surface area (Å²) in [6.45, 7) is 4.68. The Labute approximate surface area is 256 Å². The van der Waals surface area contributed by atoms with Crippen molar-refractivity contribution in [2.45, 2.75) is 59.4 Å². The van der Waals surface area contributed by atoms with Crippen molar-refractivity contribution in [1.82, 2.24) is 14.6 Å². The number of benzene rings is 2. The van der Waals surface area contributed by atoms with Gasteiger partial charge in [-0.2, -0.15) is 5.10 Å². The molecule has 12 heteroatoms. The van der Waals surface area contributed by atoms with Crippen LogP contribution in [0.3, 0.4) is 0 Å². The van der Waals surface area contributed by atoms with E-state index in [4.69, 9.17) is 5.10 Å². The Morgan fingerprint density at radius 1 is 1.00 bits per heavy atom. The zero-order valence-electron chi connectivity index (χ0n) is 24.6. The number of urea groups is 1. The van der Waals surface area contributed by atoms with Crippen LogP contribution in [0.5, 0.6) is 0 Å². The third-order valence-corrected chi connectivity index (χ3v) is 7.78. The minimum atomic E-state index is -1.01. The van der Waals surface area contributed by atoms with Crippen molar-refractivity contribution in [3.05, 3.63) is 54.4 Å². The normalized spacial score (nSPS) is 15.8. The largest absolute Gasteiger partial charge is 0.480 e. The zero-order valence-corrected chi connectivity index (χ0v) is 25.4. The molecule has 2 N–H and O–H groups in total. The Morgan fingerprint density at radius 3 is 2.42 bits per heavy atom. The first-order valence-corrected chi connectivity index (χ1v) is 14.3. The monoisotopic (exact) mass is 608 g/mol. The first kappa shape index (κ1) is 31.7. The van der Waals surface area contributed by atoms with E-state index in [2.05, 4.69) is 10.3 Å². The number of rotatable bonds is 8. The van der Waals surface area contributed by atoms with Crippen molar-refractivity contribution in [3.8, 4) is 0 Å². The van der Waals surface area contributed by atoms with Crippen LogP contribution in [0.1, 0.15) is 58.4 Å². The number of para-hydroxylation sites is 1. The number of hydrogen-bond donors (Lipinski definition) is 2. The second-order valence-corrected chi connectivity index (χ2v) is 12.0. The van der Waals surface area contributed by atoms with Crippen molar-refractivity contribution in [1.29, 1.82) is 0 Å². The lowest BCUT2D eigenvalue weighted by atomic mass is 9.83. The van der Waals surface area contributed by atoms with Gasteiger partial charge in [-0.3, -0.25) is 19.3 Å². The molecule has 0 unspecified atom stereocenters. The highest BCUT2D eigenvalue weighted by molar-refractivity contribution is 6.13. The van der Waals surface area contributed by atoms with Crippen molar-refractivity contribution >= 4 is 64.2 Å². The van der Waals surface area contributed by atoms with Gasteiger partial charge in [0, 0.05) is 22.6 Å². The zero-order chi connectivity index (χ0) is 30.0. The number of anilines is 2. The van der Waals surface area contributed by atoms with E-state index in [-0.39, 0.29) is 43.7 Å². The van der Waals surface area contributed by atoms with Crippen LogP contribution < -0.4 is 10.2 Å². The van der Waals surface area contributed by atoms with E-state index in [0.29, 0.717) is 22.4 Å². The highest BCUT2D eigenvalue weighted by Crippen LogP contribution is 2.34. The molecule has 1 fully saturated rings. The standard InChI is InChI=1S/C31H36N6O5.ClH/c1-31(2,3)26(38)16-36-24-12-8-7-11-22(24)29(20-9-5-4-6-10-20)34-37(30(36)42)17-27(39)33-21-13-14-23-25(15-21)35(19-32-23)18-28(40)41;/h7-8,11-15,19-20H,4-6,9-10,16-18H2,1-3H3,(H,33,39)(H,40,41);1H. The number of carbonyl (C=O) groups is 4. The highest BCUT2D eigenvalue weighted by atomic mass is 35.5. The number of amides is 3. The van der Waals surface area contributed by atoms with Gasteiger partial charge in [-0.25, -0.2) is 14.8 Å². The summed E-state index contributed by atoms with van der Waals surface area (Å²) >= 11 is 0. The highest BCUT2D eigenvalue weighted by Gasteiger charge is 2.36. The number of nitrogens with one attached hydrogen (secondary N) is 1. The van der Waals surface area contributed by atoms with Crippen molar-refractivity contribution < 1.29 is 24.3 Å². The predicted molar refractivity (Wildman–Crippen MR) is 167 cm³/mol. The van der Waals surface area contributed by atoms with Crippen LogP contribution in [0.25, 0.3) is 11.0 Å². The molecule has 11 nitrogen and oxygen atoms in total. The number of carbonyl (C=O) groups excluding carboxylic acids is 3. The smallest absolute Gasteiger partial charge is 0.345 e. The van der Waals surface area contributed by atoms with E-state index in [1.807, 2.05) is 45.0 Å². The number of carboxylic acids is 1. The molecule has 0 bridgehead atoms. The molecule has 3 amide bonds. The topological polar surface area (TPSA) is 137 Å². The van der Waals surface area contributed by atoms with E-state index >= 15 is 0 Å². The summed E-state index contributed by atoms with van der Waals surface area (Å²) in [5.41, 5.74) is 3.10. The molecule has 43 heavy (non-hydrogen) atoms. The Balaban J connectivity index is 0.00000423. The molecule has 2 aliphatic rings. The van der Waals surface area contributed by atoms with Gasteiger partial charge in [0.25, 0.3) is 0 Å².